The molecule has 5 nitrogen and oxygen atoms in total. The number of benzene rings is 1. The molecule has 2 rings (SSSR count). The second-order valence-electron chi connectivity index (χ2n) is 4.37. The molecular weight excluding hydrogens is 276 g/mol. The Labute approximate surface area is 121 Å². The molecule has 20 heavy (non-hydrogen) atoms. The highest BCUT2D eigenvalue weighted by Crippen LogP contribution is 2.28. The van der Waals surface area contributed by atoms with E-state index in [1.165, 1.54) is 18.9 Å². The lowest BCUT2D eigenvalue weighted by Crippen LogP contribution is -2.48. The summed E-state index contributed by atoms with van der Waals surface area (Å²) in [5.74, 6) is -0.205. The van der Waals surface area contributed by atoms with Crippen LogP contribution in [0.25, 0.3) is 0 Å². The number of thioether (sulfide) groups is 1. The van der Waals surface area contributed by atoms with Crippen LogP contribution < -0.4 is 5.73 Å². The first-order chi connectivity index (χ1) is 9.56. The molecule has 1 aromatic carbocycles. The third-order valence-electron chi connectivity index (χ3n) is 2.86. The molecule has 0 bridgehead atoms. The van der Waals surface area contributed by atoms with E-state index in [1.807, 2.05) is 25.1 Å². The standard InChI is InChI=1S/C14H16N2O3S/c1-10-8-19-13(16-10)20-9-14(15,12(17)18-2)11-6-4-3-5-7-11/h3-8H,9,15H2,1-2H3. The number of nitrogens with two attached hydrogens (primary N) is 1. The van der Waals surface area contributed by atoms with Gasteiger partial charge in [-0.3, -0.25) is 0 Å². The van der Waals surface area contributed by atoms with Gasteiger partial charge in [0.1, 0.15) is 11.8 Å². The molecule has 0 saturated carbocycles. The van der Waals surface area contributed by atoms with Gasteiger partial charge in [0.15, 0.2) is 0 Å². The largest absolute Gasteiger partial charge is 0.467 e. The van der Waals surface area contributed by atoms with Crippen molar-refractivity contribution in [1.29, 1.82) is 0 Å². The van der Waals surface area contributed by atoms with Gasteiger partial charge in [0.2, 0.25) is 0 Å². The Balaban J connectivity index is 2.22. The first-order valence-electron chi connectivity index (χ1n) is 6.04. The molecule has 2 N–H and O–H groups in total. The van der Waals surface area contributed by atoms with Crippen LogP contribution in [0.15, 0.2) is 46.2 Å². The molecule has 0 amide bonds. The van der Waals surface area contributed by atoms with Crippen molar-refractivity contribution in [2.24, 2.45) is 5.73 Å². The van der Waals surface area contributed by atoms with Crippen LogP contribution in [0.3, 0.4) is 0 Å². The molecule has 1 heterocycles. The molecular formula is C14H16N2O3S. The molecule has 0 fully saturated rings. The fourth-order valence-corrected chi connectivity index (χ4v) is 2.71. The maximum Gasteiger partial charge on any atom is 0.331 e. The fraction of sp³-hybridized carbons (Fsp3) is 0.286. The molecule has 0 aliphatic heterocycles. The van der Waals surface area contributed by atoms with Gasteiger partial charge in [-0.05, 0) is 12.5 Å². The number of carbonyl (C=O) groups excluding carboxylic acids is 1. The van der Waals surface area contributed by atoms with Gasteiger partial charge >= 0.3 is 5.97 Å². The van der Waals surface area contributed by atoms with Gasteiger partial charge in [-0.1, -0.05) is 42.1 Å². The van der Waals surface area contributed by atoms with Crippen molar-refractivity contribution in [2.45, 2.75) is 17.7 Å². The van der Waals surface area contributed by atoms with Crippen molar-refractivity contribution < 1.29 is 13.9 Å². The number of rotatable bonds is 5. The average molecular weight is 292 g/mol. The van der Waals surface area contributed by atoms with E-state index in [9.17, 15) is 4.79 Å². The Morgan fingerprint density at radius 3 is 2.70 bits per heavy atom. The second kappa shape index (κ2) is 6.11. The van der Waals surface area contributed by atoms with Crippen molar-refractivity contribution in [3.8, 4) is 0 Å². The maximum atomic E-state index is 12.0. The highest BCUT2D eigenvalue weighted by Gasteiger charge is 2.37. The lowest BCUT2D eigenvalue weighted by Gasteiger charge is -2.26. The van der Waals surface area contributed by atoms with Crippen LogP contribution >= 0.6 is 11.8 Å². The number of ether oxygens (including phenoxy) is 1. The van der Waals surface area contributed by atoms with Crippen molar-refractivity contribution in [3.63, 3.8) is 0 Å². The molecule has 0 aliphatic carbocycles. The molecule has 1 aromatic heterocycles. The van der Waals surface area contributed by atoms with Gasteiger partial charge in [-0.15, -0.1) is 0 Å². The van der Waals surface area contributed by atoms with Crippen LogP contribution in [0.2, 0.25) is 0 Å². The van der Waals surface area contributed by atoms with Crippen LogP contribution in [0, 0.1) is 6.92 Å². The molecule has 6 heteroatoms. The van der Waals surface area contributed by atoms with E-state index >= 15 is 0 Å². The van der Waals surface area contributed by atoms with Gasteiger partial charge in [0.05, 0.1) is 12.8 Å². The predicted octanol–water partition coefficient (Wildman–Crippen LogP) is 2.10. The summed E-state index contributed by atoms with van der Waals surface area (Å²) < 4.78 is 10.1. The van der Waals surface area contributed by atoms with Gasteiger partial charge in [-0.25, -0.2) is 9.78 Å². The molecule has 1 unspecified atom stereocenters. The number of aromatic nitrogens is 1. The van der Waals surface area contributed by atoms with Crippen LogP contribution in [-0.2, 0) is 15.1 Å². The molecule has 0 saturated heterocycles. The number of hydrogen-bond acceptors (Lipinski definition) is 6. The molecule has 0 radical (unpaired) electrons. The van der Waals surface area contributed by atoms with Crippen molar-refractivity contribution in [2.75, 3.05) is 12.9 Å². The summed E-state index contributed by atoms with van der Waals surface area (Å²) >= 11 is 1.28. The van der Waals surface area contributed by atoms with E-state index < -0.39 is 11.5 Å². The van der Waals surface area contributed by atoms with Crippen molar-refractivity contribution in [3.05, 3.63) is 47.9 Å². The SMILES string of the molecule is COC(=O)C(N)(CSc1nc(C)co1)c1ccccc1. The number of hydrogen-bond donors (Lipinski definition) is 1. The van der Waals surface area contributed by atoms with Crippen molar-refractivity contribution in [1.82, 2.24) is 4.98 Å². The summed E-state index contributed by atoms with van der Waals surface area (Å²) in [6.45, 7) is 1.83. The Kier molecular flexibility index (Phi) is 4.46. The third-order valence-corrected chi connectivity index (χ3v) is 3.89. The first kappa shape index (κ1) is 14.6. The van der Waals surface area contributed by atoms with Crippen LogP contribution in [0.4, 0.5) is 0 Å². The Morgan fingerprint density at radius 1 is 1.45 bits per heavy atom. The quantitative estimate of drug-likeness (QED) is 0.671. The lowest BCUT2D eigenvalue weighted by molar-refractivity contribution is -0.146. The second-order valence-corrected chi connectivity index (χ2v) is 5.30. The Bertz CT molecular complexity index is 585. The number of carbonyl (C=O) groups is 1. The minimum absolute atomic E-state index is 0.281. The van der Waals surface area contributed by atoms with Crippen LogP contribution in [0.1, 0.15) is 11.3 Å². The number of oxazole rings is 1. The molecule has 2 aromatic rings. The third kappa shape index (κ3) is 3.02. The first-order valence-corrected chi connectivity index (χ1v) is 7.02. The topological polar surface area (TPSA) is 78.4 Å². The highest BCUT2D eigenvalue weighted by atomic mass is 32.2. The van der Waals surface area contributed by atoms with Gasteiger partial charge < -0.3 is 14.9 Å². The Morgan fingerprint density at radius 2 is 2.15 bits per heavy atom. The molecule has 0 spiro atoms. The predicted molar refractivity (Wildman–Crippen MR) is 76.3 cm³/mol. The van der Waals surface area contributed by atoms with Crippen molar-refractivity contribution >= 4 is 17.7 Å². The number of esters is 1. The van der Waals surface area contributed by atoms with Gasteiger partial charge in [0.25, 0.3) is 5.22 Å². The zero-order valence-corrected chi connectivity index (χ0v) is 12.1. The molecule has 106 valence electrons. The van der Waals surface area contributed by atoms with E-state index in [0.29, 0.717) is 10.8 Å². The minimum Gasteiger partial charge on any atom is -0.467 e. The van der Waals surface area contributed by atoms with Crippen LogP contribution in [-0.4, -0.2) is 23.8 Å². The van der Waals surface area contributed by atoms with E-state index in [4.69, 9.17) is 14.9 Å². The zero-order chi connectivity index (χ0) is 14.6. The summed E-state index contributed by atoms with van der Waals surface area (Å²) in [5.41, 5.74) is 6.51. The Hall–Kier alpha value is -1.79. The summed E-state index contributed by atoms with van der Waals surface area (Å²) in [7, 11) is 1.33. The number of aryl methyl sites for hydroxylation is 1. The smallest absolute Gasteiger partial charge is 0.331 e. The van der Waals surface area contributed by atoms with Gasteiger partial charge in [0, 0.05) is 5.75 Å². The number of methoxy groups -OCH3 is 1. The molecule has 1 atom stereocenters. The van der Waals surface area contributed by atoms with E-state index in [2.05, 4.69) is 4.98 Å². The minimum atomic E-state index is -1.23. The lowest BCUT2D eigenvalue weighted by atomic mass is 9.93. The zero-order valence-electron chi connectivity index (χ0n) is 11.3. The van der Waals surface area contributed by atoms with E-state index in [1.54, 1.807) is 18.4 Å². The summed E-state index contributed by atoms with van der Waals surface area (Å²) in [6, 6.07) is 9.14. The normalized spacial score (nSPS) is 13.8. The maximum absolute atomic E-state index is 12.0. The average Bonchev–Trinajstić information content (AvgIpc) is 2.90. The summed E-state index contributed by atoms with van der Waals surface area (Å²) in [6.07, 6.45) is 1.56. The van der Waals surface area contributed by atoms with Crippen LogP contribution in [0.5, 0.6) is 0 Å². The molecule has 0 aliphatic rings. The van der Waals surface area contributed by atoms with Gasteiger partial charge in [-0.2, -0.15) is 0 Å². The monoisotopic (exact) mass is 292 g/mol. The summed E-state index contributed by atoms with van der Waals surface area (Å²) in [4.78, 5) is 16.2. The summed E-state index contributed by atoms with van der Waals surface area (Å²) in [5, 5.41) is 0.483. The fourth-order valence-electron chi connectivity index (χ4n) is 1.75. The van der Waals surface area contributed by atoms with E-state index in [0.717, 1.165) is 5.69 Å². The number of nitrogens with zero attached hydrogens (tertiary/aromatic N) is 1. The highest BCUT2D eigenvalue weighted by molar-refractivity contribution is 7.99. The van der Waals surface area contributed by atoms with E-state index in [-0.39, 0.29) is 5.75 Å².